The van der Waals surface area contributed by atoms with Crippen molar-refractivity contribution in [1.82, 2.24) is 4.90 Å². The smallest absolute Gasteiger partial charge is 0.119 e. The molecule has 0 aliphatic heterocycles. The summed E-state index contributed by atoms with van der Waals surface area (Å²) in [6.45, 7) is 10.9. The largest absolute Gasteiger partial charge is 0.492 e. The van der Waals surface area contributed by atoms with Gasteiger partial charge in [0.25, 0.3) is 0 Å². The summed E-state index contributed by atoms with van der Waals surface area (Å²) in [6.07, 6.45) is 2.19. The van der Waals surface area contributed by atoms with E-state index in [1.807, 2.05) is 42.5 Å². The average molecular weight is 416 g/mol. The van der Waals surface area contributed by atoms with Gasteiger partial charge in [0.05, 0.1) is 0 Å². The van der Waals surface area contributed by atoms with Gasteiger partial charge in [0.15, 0.2) is 0 Å². The molecule has 0 spiro atoms. The maximum absolute atomic E-state index is 5.88. The van der Waals surface area contributed by atoms with Crippen LogP contribution in [0.25, 0.3) is 11.6 Å². The van der Waals surface area contributed by atoms with E-state index in [-0.39, 0.29) is 0 Å². The minimum absolute atomic E-state index is 0.582. The molecule has 3 heteroatoms. The highest BCUT2D eigenvalue weighted by atomic mass is 16.5. The lowest BCUT2D eigenvalue weighted by Gasteiger charge is -2.18. The third-order valence-electron chi connectivity index (χ3n) is 5.39. The second kappa shape index (κ2) is 12.0. The normalized spacial score (nSPS) is 11.5. The van der Waals surface area contributed by atoms with E-state index in [2.05, 4.69) is 68.1 Å². The van der Waals surface area contributed by atoms with E-state index in [0.29, 0.717) is 13.2 Å². The van der Waals surface area contributed by atoms with Crippen LogP contribution in [0.4, 0.5) is 0 Å². The Kier molecular flexibility index (Phi) is 8.74. The fourth-order valence-electron chi connectivity index (χ4n) is 3.38. The van der Waals surface area contributed by atoms with Crippen LogP contribution in [0.1, 0.15) is 37.5 Å². The second-order valence-corrected chi connectivity index (χ2v) is 7.57. The molecule has 0 aliphatic carbocycles. The molecule has 0 unspecified atom stereocenters. The number of rotatable bonds is 11. The van der Waals surface area contributed by atoms with Gasteiger partial charge in [-0.25, -0.2) is 0 Å². The van der Waals surface area contributed by atoms with Crippen LogP contribution >= 0.6 is 0 Å². The van der Waals surface area contributed by atoms with Gasteiger partial charge < -0.3 is 14.4 Å². The van der Waals surface area contributed by atoms with Crippen molar-refractivity contribution < 1.29 is 9.47 Å². The summed E-state index contributed by atoms with van der Waals surface area (Å²) >= 11 is 0. The van der Waals surface area contributed by atoms with Gasteiger partial charge in [-0.05, 0) is 66.5 Å². The molecule has 0 atom stereocenters. The van der Waals surface area contributed by atoms with E-state index in [1.54, 1.807) is 0 Å². The Labute approximate surface area is 186 Å². The SMILES string of the molecule is CCN(CC)CCOc1ccc(/C=C(\C)c2ccc(OCc3ccccc3)cc2)cc1. The summed E-state index contributed by atoms with van der Waals surface area (Å²) < 4.78 is 11.8. The topological polar surface area (TPSA) is 21.7 Å². The molecular formula is C28H33NO2. The molecule has 0 fully saturated rings. The first-order valence-electron chi connectivity index (χ1n) is 11.1. The minimum atomic E-state index is 0.582. The number of nitrogens with zero attached hydrogens (tertiary/aromatic N) is 1. The molecule has 3 rings (SSSR count). The average Bonchev–Trinajstić information content (AvgIpc) is 2.82. The molecule has 0 N–H and O–H groups in total. The Morgan fingerprint density at radius 1 is 0.774 bits per heavy atom. The Hall–Kier alpha value is -3.04. The number of benzene rings is 3. The highest BCUT2D eigenvalue weighted by molar-refractivity contribution is 5.80. The molecule has 31 heavy (non-hydrogen) atoms. The van der Waals surface area contributed by atoms with Crippen LogP contribution in [0, 0.1) is 0 Å². The first-order chi connectivity index (χ1) is 15.2. The van der Waals surface area contributed by atoms with Crippen molar-refractivity contribution in [3.8, 4) is 11.5 Å². The Morgan fingerprint density at radius 3 is 2.03 bits per heavy atom. The maximum atomic E-state index is 5.88. The van der Waals surface area contributed by atoms with E-state index in [0.717, 1.165) is 36.7 Å². The summed E-state index contributed by atoms with van der Waals surface area (Å²) in [5, 5.41) is 0. The standard InChI is InChI=1S/C28H33NO2/c1-4-29(5-2)19-20-30-27-15-11-24(12-16-27)21-23(3)26-13-17-28(18-14-26)31-22-25-9-7-6-8-10-25/h6-18,21H,4-5,19-20,22H2,1-3H3/b23-21+. The van der Waals surface area contributed by atoms with Crippen molar-refractivity contribution in [2.24, 2.45) is 0 Å². The van der Waals surface area contributed by atoms with Crippen molar-refractivity contribution in [3.05, 3.63) is 95.6 Å². The quantitative estimate of drug-likeness (QED) is 0.332. The summed E-state index contributed by atoms with van der Waals surface area (Å²) in [5.74, 6) is 1.80. The Bertz CT molecular complexity index is 927. The molecule has 0 heterocycles. The fourth-order valence-corrected chi connectivity index (χ4v) is 3.38. The molecule has 3 aromatic carbocycles. The van der Waals surface area contributed by atoms with Gasteiger partial charge in [-0.2, -0.15) is 0 Å². The van der Waals surface area contributed by atoms with Crippen molar-refractivity contribution in [2.45, 2.75) is 27.4 Å². The number of hydrogen-bond acceptors (Lipinski definition) is 3. The first kappa shape index (κ1) is 22.6. The van der Waals surface area contributed by atoms with Crippen LogP contribution in [0.3, 0.4) is 0 Å². The Balaban J connectivity index is 1.53. The highest BCUT2D eigenvalue weighted by Gasteiger charge is 2.02. The van der Waals surface area contributed by atoms with Gasteiger partial charge in [-0.1, -0.05) is 74.5 Å². The molecule has 162 valence electrons. The van der Waals surface area contributed by atoms with Gasteiger partial charge >= 0.3 is 0 Å². The molecule has 0 bridgehead atoms. The van der Waals surface area contributed by atoms with Crippen LogP contribution in [-0.2, 0) is 6.61 Å². The number of hydrogen-bond donors (Lipinski definition) is 0. The molecule has 0 saturated heterocycles. The molecule has 0 amide bonds. The van der Waals surface area contributed by atoms with E-state index in [9.17, 15) is 0 Å². The molecule has 3 aromatic rings. The van der Waals surface area contributed by atoms with Crippen molar-refractivity contribution >= 4 is 11.6 Å². The number of ether oxygens (including phenoxy) is 2. The molecule has 3 nitrogen and oxygen atoms in total. The zero-order valence-electron chi connectivity index (χ0n) is 18.9. The third-order valence-corrected chi connectivity index (χ3v) is 5.39. The molecule has 0 aliphatic rings. The van der Waals surface area contributed by atoms with Crippen LogP contribution in [0.15, 0.2) is 78.9 Å². The van der Waals surface area contributed by atoms with Crippen molar-refractivity contribution in [2.75, 3.05) is 26.2 Å². The molecular weight excluding hydrogens is 382 g/mol. The summed E-state index contributed by atoms with van der Waals surface area (Å²) in [4.78, 5) is 2.36. The summed E-state index contributed by atoms with van der Waals surface area (Å²) in [6, 6.07) is 26.8. The van der Waals surface area contributed by atoms with Crippen LogP contribution in [-0.4, -0.2) is 31.1 Å². The molecule has 0 aromatic heterocycles. The molecule has 0 saturated carbocycles. The van der Waals surface area contributed by atoms with E-state index in [1.165, 1.54) is 16.7 Å². The van der Waals surface area contributed by atoms with Crippen molar-refractivity contribution in [1.29, 1.82) is 0 Å². The van der Waals surface area contributed by atoms with Gasteiger partial charge in [-0.3, -0.25) is 0 Å². The second-order valence-electron chi connectivity index (χ2n) is 7.57. The maximum Gasteiger partial charge on any atom is 0.119 e. The summed E-state index contributed by atoms with van der Waals surface area (Å²) in [5.41, 5.74) is 4.73. The van der Waals surface area contributed by atoms with Gasteiger partial charge in [0, 0.05) is 6.54 Å². The predicted octanol–water partition coefficient (Wildman–Crippen LogP) is 6.55. The third kappa shape index (κ3) is 7.30. The van der Waals surface area contributed by atoms with E-state index in [4.69, 9.17) is 9.47 Å². The van der Waals surface area contributed by atoms with Crippen LogP contribution < -0.4 is 9.47 Å². The Morgan fingerprint density at radius 2 is 1.39 bits per heavy atom. The highest BCUT2D eigenvalue weighted by Crippen LogP contribution is 2.22. The summed E-state index contributed by atoms with van der Waals surface area (Å²) in [7, 11) is 0. The van der Waals surface area contributed by atoms with Gasteiger partial charge in [0.2, 0.25) is 0 Å². The van der Waals surface area contributed by atoms with Gasteiger partial charge in [-0.15, -0.1) is 0 Å². The van der Waals surface area contributed by atoms with Crippen LogP contribution in [0.5, 0.6) is 11.5 Å². The van der Waals surface area contributed by atoms with Crippen molar-refractivity contribution in [3.63, 3.8) is 0 Å². The van der Waals surface area contributed by atoms with Crippen LogP contribution in [0.2, 0.25) is 0 Å². The minimum Gasteiger partial charge on any atom is -0.492 e. The predicted molar refractivity (Wildman–Crippen MR) is 130 cm³/mol. The van der Waals surface area contributed by atoms with E-state index >= 15 is 0 Å². The number of allylic oxidation sites excluding steroid dienone is 1. The molecule has 0 radical (unpaired) electrons. The lowest BCUT2D eigenvalue weighted by Crippen LogP contribution is -2.27. The lowest BCUT2D eigenvalue weighted by atomic mass is 10.0. The zero-order valence-corrected chi connectivity index (χ0v) is 18.9. The number of likely N-dealkylation sites (N-methyl/N-ethyl adjacent to an activating group) is 1. The zero-order chi connectivity index (χ0) is 21.9. The monoisotopic (exact) mass is 415 g/mol. The lowest BCUT2D eigenvalue weighted by molar-refractivity contribution is 0.223. The van der Waals surface area contributed by atoms with Gasteiger partial charge in [0.1, 0.15) is 24.7 Å². The fraction of sp³-hybridized carbons (Fsp3) is 0.286. The van der Waals surface area contributed by atoms with E-state index < -0.39 is 0 Å². The first-order valence-corrected chi connectivity index (χ1v) is 11.1.